The Hall–Kier alpha value is -1.59. The summed E-state index contributed by atoms with van der Waals surface area (Å²) in [7, 11) is 0. The summed E-state index contributed by atoms with van der Waals surface area (Å²) in [6, 6.07) is 10.6. The molecule has 1 aromatic carbocycles. The molecule has 5 unspecified atom stereocenters. The molecule has 2 saturated carbocycles. The number of benzene rings is 1. The summed E-state index contributed by atoms with van der Waals surface area (Å²) in [6.07, 6.45) is 5.33. The van der Waals surface area contributed by atoms with Crippen molar-refractivity contribution in [3.63, 3.8) is 0 Å². The Bertz CT molecular complexity index is 694. The van der Waals surface area contributed by atoms with Crippen molar-refractivity contribution in [1.29, 1.82) is 0 Å². The first kappa shape index (κ1) is 20.2. The minimum Gasteiger partial charge on any atom is -0.351 e. The number of likely N-dealkylation sites (tertiary alicyclic amines) is 1. The van der Waals surface area contributed by atoms with Crippen LogP contribution in [0.15, 0.2) is 30.3 Å². The molecule has 27 heavy (non-hydrogen) atoms. The lowest BCUT2D eigenvalue weighted by molar-refractivity contribution is -0.128. The number of carbonyl (C=O) groups is 2. The van der Waals surface area contributed by atoms with Gasteiger partial charge in [0.25, 0.3) is 0 Å². The molecule has 6 heteroatoms. The smallest absolute Gasteiger partial charge is 0.225 e. The van der Waals surface area contributed by atoms with Crippen LogP contribution in [0.3, 0.4) is 0 Å². The van der Waals surface area contributed by atoms with Crippen LogP contribution in [-0.2, 0) is 9.59 Å². The number of rotatable bonds is 4. The van der Waals surface area contributed by atoms with Crippen LogP contribution >= 0.6 is 12.4 Å². The first-order valence-electron chi connectivity index (χ1n) is 9.89. The molecule has 5 nitrogen and oxygen atoms in total. The number of nitrogens with two attached hydrogens (primary N) is 1. The van der Waals surface area contributed by atoms with Gasteiger partial charge in [0.1, 0.15) is 0 Å². The second kappa shape index (κ2) is 7.80. The molecule has 0 bridgehead atoms. The molecule has 2 amide bonds. The van der Waals surface area contributed by atoms with Gasteiger partial charge < -0.3 is 16.0 Å². The van der Waals surface area contributed by atoms with Crippen LogP contribution in [-0.4, -0.2) is 40.9 Å². The van der Waals surface area contributed by atoms with Gasteiger partial charge in [-0.2, -0.15) is 0 Å². The molecule has 3 N–H and O–H groups in total. The summed E-state index contributed by atoms with van der Waals surface area (Å²) in [5.74, 6) is 0.501. The first-order valence-corrected chi connectivity index (χ1v) is 9.89. The van der Waals surface area contributed by atoms with Gasteiger partial charge in [-0.25, -0.2) is 0 Å². The van der Waals surface area contributed by atoms with Crippen LogP contribution in [0.2, 0.25) is 0 Å². The van der Waals surface area contributed by atoms with Crippen LogP contribution in [0.5, 0.6) is 0 Å². The zero-order chi connectivity index (χ0) is 18.3. The molecule has 0 radical (unpaired) electrons. The molecule has 148 valence electrons. The molecule has 4 rings (SSSR count). The molecule has 1 aromatic rings. The van der Waals surface area contributed by atoms with Gasteiger partial charge in [-0.1, -0.05) is 43.2 Å². The predicted octanol–water partition coefficient (Wildman–Crippen LogP) is 2.59. The summed E-state index contributed by atoms with van der Waals surface area (Å²) in [6.45, 7) is 2.61. The largest absolute Gasteiger partial charge is 0.351 e. The summed E-state index contributed by atoms with van der Waals surface area (Å²) in [4.78, 5) is 27.2. The maximum atomic E-state index is 12.7. The Morgan fingerprint density at radius 1 is 1.26 bits per heavy atom. The third kappa shape index (κ3) is 4.14. The second-order valence-corrected chi connectivity index (χ2v) is 8.58. The van der Waals surface area contributed by atoms with Crippen molar-refractivity contribution in [2.24, 2.45) is 11.7 Å². The van der Waals surface area contributed by atoms with Gasteiger partial charge in [0.05, 0.1) is 12.0 Å². The fraction of sp³-hybridized carbons (Fsp3) is 0.619. The molecule has 1 aliphatic heterocycles. The van der Waals surface area contributed by atoms with Gasteiger partial charge in [0, 0.05) is 30.5 Å². The van der Waals surface area contributed by atoms with Gasteiger partial charge in [-0.05, 0) is 31.7 Å². The minimum atomic E-state index is -0.431. The topological polar surface area (TPSA) is 75.4 Å². The third-order valence-corrected chi connectivity index (χ3v) is 6.46. The van der Waals surface area contributed by atoms with Gasteiger partial charge in [-0.3, -0.25) is 9.59 Å². The molecular formula is C21H30ClN3O2. The monoisotopic (exact) mass is 391 g/mol. The fourth-order valence-electron chi connectivity index (χ4n) is 4.82. The fourth-order valence-corrected chi connectivity index (χ4v) is 4.82. The van der Waals surface area contributed by atoms with Gasteiger partial charge in [-0.15, -0.1) is 12.4 Å². The maximum absolute atomic E-state index is 12.7. The van der Waals surface area contributed by atoms with E-state index < -0.39 is 5.54 Å². The second-order valence-electron chi connectivity index (χ2n) is 8.58. The Balaban J connectivity index is 0.00000210. The highest BCUT2D eigenvalue weighted by molar-refractivity contribution is 5.85. The third-order valence-electron chi connectivity index (χ3n) is 6.46. The summed E-state index contributed by atoms with van der Waals surface area (Å²) in [5, 5.41) is 3.12. The number of hydrogen-bond acceptors (Lipinski definition) is 3. The standard InChI is InChI=1S/C21H29N3O2.ClH/c1-21(22)10-6-5-9-17(21)20(26)23-15-11-19(25)24(13-15)18-12-16(18)14-7-3-2-4-8-14;/h2-4,7-8,15-18H,5-6,9-13,22H2,1H3,(H,23,26);1H. The maximum Gasteiger partial charge on any atom is 0.225 e. The highest BCUT2D eigenvalue weighted by Gasteiger charge is 2.48. The predicted molar refractivity (Wildman–Crippen MR) is 108 cm³/mol. The first-order chi connectivity index (χ1) is 12.5. The highest BCUT2D eigenvalue weighted by Crippen LogP contribution is 2.46. The average molecular weight is 392 g/mol. The van der Waals surface area contributed by atoms with Gasteiger partial charge in [0.15, 0.2) is 0 Å². The number of hydrogen-bond donors (Lipinski definition) is 2. The summed E-state index contributed by atoms with van der Waals surface area (Å²) >= 11 is 0. The number of nitrogens with one attached hydrogen (secondary N) is 1. The summed E-state index contributed by atoms with van der Waals surface area (Å²) in [5.41, 5.74) is 7.23. The summed E-state index contributed by atoms with van der Waals surface area (Å²) < 4.78 is 0. The molecule has 0 aromatic heterocycles. The van der Waals surface area contributed by atoms with E-state index in [2.05, 4.69) is 17.4 Å². The molecule has 3 aliphatic rings. The Labute approximate surface area is 167 Å². The van der Waals surface area contributed by atoms with Crippen molar-refractivity contribution in [2.45, 2.75) is 69.0 Å². The molecule has 2 aliphatic carbocycles. The number of amides is 2. The minimum absolute atomic E-state index is 0. The van der Waals surface area contributed by atoms with Gasteiger partial charge >= 0.3 is 0 Å². The van der Waals surface area contributed by atoms with Crippen molar-refractivity contribution in [3.8, 4) is 0 Å². The lowest BCUT2D eigenvalue weighted by atomic mass is 9.74. The van der Waals surface area contributed by atoms with E-state index in [-0.39, 0.29) is 36.2 Å². The number of carbonyl (C=O) groups excluding carboxylic acids is 2. The Morgan fingerprint density at radius 2 is 2.00 bits per heavy atom. The Kier molecular flexibility index (Phi) is 5.82. The number of nitrogens with zero attached hydrogens (tertiary/aromatic N) is 1. The van der Waals surface area contributed by atoms with E-state index in [4.69, 9.17) is 5.73 Å². The average Bonchev–Trinajstić information content (AvgIpc) is 3.32. The van der Waals surface area contributed by atoms with Crippen molar-refractivity contribution >= 4 is 24.2 Å². The van der Waals surface area contributed by atoms with E-state index in [1.807, 2.05) is 30.0 Å². The lowest BCUT2D eigenvalue weighted by Crippen LogP contribution is -2.54. The molecule has 5 atom stereocenters. The van der Waals surface area contributed by atoms with E-state index in [1.165, 1.54) is 5.56 Å². The molecule has 1 saturated heterocycles. The molecule has 1 heterocycles. The molecular weight excluding hydrogens is 362 g/mol. The van der Waals surface area contributed by atoms with E-state index in [9.17, 15) is 9.59 Å². The lowest BCUT2D eigenvalue weighted by Gasteiger charge is -2.37. The van der Waals surface area contributed by atoms with Crippen LogP contribution < -0.4 is 11.1 Å². The van der Waals surface area contributed by atoms with E-state index in [0.29, 0.717) is 24.9 Å². The highest BCUT2D eigenvalue weighted by atomic mass is 35.5. The van der Waals surface area contributed by atoms with E-state index >= 15 is 0 Å². The Morgan fingerprint density at radius 3 is 2.70 bits per heavy atom. The van der Waals surface area contributed by atoms with Crippen LogP contribution in [0.25, 0.3) is 0 Å². The molecule has 0 spiro atoms. The number of halogens is 1. The normalized spacial score (nSPS) is 35.5. The zero-order valence-corrected chi connectivity index (χ0v) is 16.7. The van der Waals surface area contributed by atoms with Gasteiger partial charge in [0.2, 0.25) is 11.8 Å². The van der Waals surface area contributed by atoms with Crippen LogP contribution in [0.1, 0.15) is 56.9 Å². The zero-order valence-electron chi connectivity index (χ0n) is 15.9. The van der Waals surface area contributed by atoms with Crippen molar-refractivity contribution in [2.75, 3.05) is 6.54 Å². The van der Waals surface area contributed by atoms with Crippen molar-refractivity contribution < 1.29 is 9.59 Å². The van der Waals surface area contributed by atoms with Crippen LogP contribution in [0.4, 0.5) is 0 Å². The molecule has 3 fully saturated rings. The van der Waals surface area contributed by atoms with Crippen LogP contribution in [0, 0.1) is 5.92 Å². The van der Waals surface area contributed by atoms with Crippen molar-refractivity contribution in [3.05, 3.63) is 35.9 Å². The quantitative estimate of drug-likeness (QED) is 0.828. The van der Waals surface area contributed by atoms with E-state index in [0.717, 1.165) is 32.1 Å². The van der Waals surface area contributed by atoms with E-state index in [1.54, 1.807) is 0 Å². The van der Waals surface area contributed by atoms with Crippen molar-refractivity contribution in [1.82, 2.24) is 10.2 Å². The SMILES string of the molecule is CC1(N)CCCCC1C(=O)NC1CC(=O)N(C2CC2c2ccccc2)C1.Cl.